The molecule has 13 heavy (non-hydrogen) atoms. The minimum Gasteiger partial charge on any atom is -0.377 e. The summed E-state index contributed by atoms with van der Waals surface area (Å²) in [6, 6.07) is 0. The van der Waals surface area contributed by atoms with Crippen LogP contribution < -0.4 is 0 Å². The highest BCUT2D eigenvalue weighted by Crippen LogP contribution is 2.19. The van der Waals surface area contributed by atoms with E-state index >= 15 is 0 Å². The van der Waals surface area contributed by atoms with Gasteiger partial charge in [0.25, 0.3) is 0 Å². The largest absolute Gasteiger partial charge is 0.377 e. The molecule has 0 aliphatic carbocycles. The molecule has 0 N–H and O–H groups in total. The van der Waals surface area contributed by atoms with Crippen LogP contribution in [0.1, 0.15) is 18.4 Å². The van der Waals surface area contributed by atoms with Crippen molar-refractivity contribution in [3.63, 3.8) is 0 Å². The van der Waals surface area contributed by atoms with Crippen molar-refractivity contribution < 1.29 is 4.74 Å². The van der Waals surface area contributed by atoms with Crippen molar-refractivity contribution >= 4 is 34.2 Å². The van der Waals surface area contributed by atoms with Crippen molar-refractivity contribution in [2.45, 2.75) is 20.0 Å². The molecular formula is C8H10ClIN2O. The Hall–Kier alpha value is 0.0600. The highest BCUT2D eigenvalue weighted by molar-refractivity contribution is 14.1. The van der Waals surface area contributed by atoms with Crippen molar-refractivity contribution in [3.05, 3.63) is 20.2 Å². The van der Waals surface area contributed by atoms with Gasteiger partial charge in [0, 0.05) is 7.11 Å². The second-order valence-electron chi connectivity index (χ2n) is 2.48. The first-order chi connectivity index (χ1) is 6.19. The topological polar surface area (TPSA) is 35.0 Å². The van der Waals surface area contributed by atoms with E-state index in [1.165, 1.54) is 0 Å². The molecule has 0 radical (unpaired) electrons. The number of halogens is 2. The molecule has 1 heterocycles. The van der Waals surface area contributed by atoms with Crippen LogP contribution in [-0.4, -0.2) is 17.1 Å². The number of nitrogens with zero attached hydrogens (tertiary/aromatic N) is 2. The van der Waals surface area contributed by atoms with Crippen LogP contribution in [0.25, 0.3) is 0 Å². The molecular weight excluding hydrogens is 302 g/mol. The standard InChI is InChI=1S/C8H10ClIN2O/c1-3-5-7(10)8(9)12-6(11-5)4-13-2/h3-4H2,1-2H3. The Kier molecular flexibility index (Phi) is 4.34. The summed E-state index contributed by atoms with van der Waals surface area (Å²) in [4.78, 5) is 8.41. The first-order valence-electron chi connectivity index (χ1n) is 3.88. The highest BCUT2D eigenvalue weighted by Gasteiger charge is 2.08. The third kappa shape index (κ3) is 2.75. The zero-order valence-corrected chi connectivity index (χ0v) is 10.4. The Morgan fingerprint density at radius 1 is 1.46 bits per heavy atom. The fourth-order valence-electron chi connectivity index (χ4n) is 0.939. The van der Waals surface area contributed by atoms with Crippen molar-refractivity contribution in [2.75, 3.05) is 7.11 Å². The zero-order chi connectivity index (χ0) is 9.84. The molecule has 3 nitrogen and oxygen atoms in total. The van der Waals surface area contributed by atoms with Gasteiger partial charge in [-0.1, -0.05) is 18.5 Å². The zero-order valence-electron chi connectivity index (χ0n) is 7.47. The molecule has 0 aliphatic heterocycles. The van der Waals surface area contributed by atoms with E-state index in [-0.39, 0.29) is 0 Å². The Balaban J connectivity index is 3.06. The second-order valence-corrected chi connectivity index (χ2v) is 3.91. The second kappa shape index (κ2) is 5.07. The summed E-state index contributed by atoms with van der Waals surface area (Å²) in [6.07, 6.45) is 0.858. The van der Waals surface area contributed by atoms with Crippen LogP contribution >= 0.6 is 34.2 Å². The van der Waals surface area contributed by atoms with Crippen molar-refractivity contribution in [1.29, 1.82) is 0 Å². The van der Waals surface area contributed by atoms with Gasteiger partial charge in [-0.2, -0.15) is 0 Å². The molecule has 0 fully saturated rings. The van der Waals surface area contributed by atoms with Crippen LogP contribution in [0, 0.1) is 3.57 Å². The first-order valence-corrected chi connectivity index (χ1v) is 5.34. The van der Waals surface area contributed by atoms with Gasteiger partial charge in [0.1, 0.15) is 11.8 Å². The smallest absolute Gasteiger partial charge is 0.156 e. The minimum absolute atomic E-state index is 0.406. The Morgan fingerprint density at radius 2 is 2.15 bits per heavy atom. The molecule has 1 rings (SSSR count). The number of aromatic nitrogens is 2. The Labute approximate surface area is 96.0 Å². The molecule has 1 aromatic heterocycles. The van der Waals surface area contributed by atoms with Gasteiger partial charge in [-0.25, -0.2) is 9.97 Å². The molecule has 0 atom stereocenters. The van der Waals surface area contributed by atoms with Crippen molar-refractivity contribution in [2.24, 2.45) is 0 Å². The lowest BCUT2D eigenvalue weighted by Crippen LogP contribution is -2.03. The van der Waals surface area contributed by atoms with E-state index < -0.39 is 0 Å². The van der Waals surface area contributed by atoms with Crippen LogP contribution in [0.2, 0.25) is 5.15 Å². The van der Waals surface area contributed by atoms with Gasteiger partial charge in [0.15, 0.2) is 5.82 Å². The van der Waals surface area contributed by atoms with Gasteiger partial charge in [0.05, 0.1) is 9.26 Å². The molecule has 1 aromatic rings. The molecule has 0 bridgehead atoms. The summed E-state index contributed by atoms with van der Waals surface area (Å²) in [5, 5.41) is 0.513. The van der Waals surface area contributed by atoms with Gasteiger partial charge in [0.2, 0.25) is 0 Å². The van der Waals surface area contributed by atoms with E-state index in [1.54, 1.807) is 7.11 Å². The molecule has 0 aromatic carbocycles. The van der Waals surface area contributed by atoms with E-state index in [1.807, 2.05) is 6.92 Å². The molecule has 72 valence electrons. The van der Waals surface area contributed by atoms with Crippen LogP contribution in [0.15, 0.2) is 0 Å². The highest BCUT2D eigenvalue weighted by atomic mass is 127. The number of methoxy groups -OCH3 is 1. The number of aryl methyl sites for hydroxylation is 1. The lowest BCUT2D eigenvalue weighted by molar-refractivity contribution is 0.177. The summed E-state index contributed by atoms with van der Waals surface area (Å²) in [7, 11) is 1.61. The van der Waals surface area contributed by atoms with Crippen molar-refractivity contribution in [3.8, 4) is 0 Å². The van der Waals surface area contributed by atoms with Crippen LogP contribution in [0.3, 0.4) is 0 Å². The molecule has 5 heteroatoms. The normalized spacial score (nSPS) is 10.5. The summed E-state index contributed by atoms with van der Waals surface area (Å²) < 4.78 is 5.87. The lowest BCUT2D eigenvalue weighted by Gasteiger charge is -2.05. The van der Waals surface area contributed by atoms with Crippen LogP contribution in [-0.2, 0) is 17.8 Å². The quantitative estimate of drug-likeness (QED) is 0.635. The maximum absolute atomic E-state index is 5.92. The van der Waals surface area contributed by atoms with Gasteiger partial charge >= 0.3 is 0 Å². The SMILES string of the molecule is CCc1nc(COC)nc(Cl)c1I. The molecule has 0 saturated carbocycles. The van der Waals surface area contributed by atoms with E-state index in [0.29, 0.717) is 17.6 Å². The van der Waals surface area contributed by atoms with E-state index in [4.69, 9.17) is 16.3 Å². The fourth-order valence-corrected chi connectivity index (χ4v) is 1.77. The first kappa shape index (κ1) is 11.1. The maximum atomic E-state index is 5.92. The van der Waals surface area contributed by atoms with Crippen molar-refractivity contribution in [1.82, 2.24) is 9.97 Å². The molecule has 0 aliphatic rings. The van der Waals surface area contributed by atoms with Gasteiger partial charge < -0.3 is 4.74 Å². The average molecular weight is 313 g/mol. The molecule has 0 spiro atoms. The van der Waals surface area contributed by atoms with Crippen LogP contribution in [0.5, 0.6) is 0 Å². The van der Waals surface area contributed by atoms with Gasteiger partial charge in [-0.05, 0) is 29.0 Å². The molecule has 0 amide bonds. The Morgan fingerprint density at radius 3 is 2.69 bits per heavy atom. The molecule has 0 unspecified atom stereocenters. The van der Waals surface area contributed by atoms with E-state index in [2.05, 4.69) is 32.6 Å². The number of ether oxygens (including phenoxy) is 1. The van der Waals surface area contributed by atoms with E-state index in [0.717, 1.165) is 15.7 Å². The molecule has 0 saturated heterocycles. The summed E-state index contributed by atoms with van der Waals surface area (Å²) in [5.74, 6) is 0.643. The third-order valence-corrected chi connectivity index (χ3v) is 3.26. The minimum atomic E-state index is 0.406. The summed E-state index contributed by atoms with van der Waals surface area (Å²) in [6.45, 7) is 2.45. The monoisotopic (exact) mass is 312 g/mol. The lowest BCUT2D eigenvalue weighted by atomic mass is 10.3. The third-order valence-electron chi connectivity index (χ3n) is 1.53. The number of hydrogen-bond acceptors (Lipinski definition) is 3. The Bertz CT molecular complexity index is 306. The number of hydrogen-bond donors (Lipinski definition) is 0. The van der Waals surface area contributed by atoms with Gasteiger partial charge in [-0.15, -0.1) is 0 Å². The predicted molar refractivity (Wildman–Crippen MR) is 59.9 cm³/mol. The predicted octanol–water partition coefficient (Wildman–Crippen LogP) is 2.44. The summed E-state index contributed by atoms with van der Waals surface area (Å²) >= 11 is 8.07. The summed E-state index contributed by atoms with van der Waals surface area (Å²) in [5.41, 5.74) is 0.979. The maximum Gasteiger partial charge on any atom is 0.156 e. The number of rotatable bonds is 3. The average Bonchev–Trinajstić information content (AvgIpc) is 2.11. The van der Waals surface area contributed by atoms with Gasteiger partial charge in [-0.3, -0.25) is 0 Å². The fraction of sp³-hybridized carbons (Fsp3) is 0.500. The van der Waals surface area contributed by atoms with Crippen LogP contribution in [0.4, 0.5) is 0 Å². The van der Waals surface area contributed by atoms with E-state index in [9.17, 15) is 0 Å².